The van der Waals surface area contributed by atoms with E-state index in [1.165, 1.54) is 37.5 Å². The third kappa shape index (κ3) is 6.81. The first-order valence-electron chi connectivity index (χ1n) is 10.6. The van der Waals surface area contributed by atoms with Crippen molar-refractivity contribution in [1.82, 2.24) is 10.6 Å². The fourth-order valence-corrected chi connectivity index (χ4v) is 3.93. The van der Waals surface area contributed by atoms with E-state index in [1.54, 1.807) is 18.2 Å². The zero-order chi connectivity index (χ0) is 21.3. The SMILES string of the molecule is O=C(C[C@H]1C=C[C@@H](NC(=O)Nc2cccc(F)c2)[C@H](CO)O1)NCC1CCCCC1. The molecule has 2 aliphatic rings. The lowest BCUT2D eigenvalue weighted by Crippen LogP contribution is -2.50. The van der Waals surface area contributed by atoms with Crippen LogP contribution in [-0.2, 0) is 9.53 Å². The molecule has 0 radical (unpaired) electrons. The van der Waals surface area contributed by atoms with Gasteiger partial charge in [0.05, 0.1) is 25.2 Å². The molecule has 3 atom stereocenters. The molecule has 0 bridgehead atoms. The van der Waals surface area contributed by atoms with Gasteiger partial charge in [-0.25, -0.2) is 9.18 Å². The van der Waals surface area contributed by atoms with Crippen LogP contribution in [0, 0.1) is 11.7 Å². The Morgan fingerprint density at radius 2 is 1.97 bits per heavy atom. The molecule has 1 aromatic carbocycles. The molecule has 1 aliphatic heterocycles. The Hall–Kier alpha value is -2.45. The minimum Gasteiger partial charge on any atom is -0.394 e. The molecule has 8 heteroatoms. The van der Waals surface area contributed by atoms with Crippen molar-refractivity contribution in [2.75, 3.05) is 18.5 Å². The van der Waals surface area contributed by atoms with Crippen LogP contribution in [0.15, 0.2) is 36.4 Å². The van der Waals surface area contributed by atoms with Gasteiger partial charge < -0.3 is 25.8 Å². The molecule has 1 aromatic rings. The summed E-state index contributed by atoms with van der Waals surface area (Å²) in [5, 5.41) is 17.9. The Morgan fingerprint density at radius 1 is 1.17 bits per heavy atom. The number of nitrogens with one attached hydrogen (secondary N) is 3. The van der Waals surface area contributed by atoms with Gasteiger partial charge in [-0.15, -0.1) is 0 Å². The number of halogens is 1. The van der Waals surface area contributed by atoms with Crippen LogP contribution in [0.25, 0.3) is 0 Å². The maximum absolute atomic E-state index is 13.2. The second-order valence-corrected chi connectivity index (χ2v) is 7.93. The molecule has 0 spiro atoms. The van der Waals surface area contributed by atoms with Crippen molar-refractivity contribution in [3.8, 4) is 0 Å². The molecule has 1 aliphatic carbocycles. The third-order valence-corrected chi connectivity index (χ3v) is 5.54. The molecule has 1 fully saturated rings. The number of aliphatic hydroxyl groups excluding tert-OH is 1. The average molecular weight is 419 g/mol. The molecule has 3 rings (SSSR count). The van der Waals surface area contributed by atoms with Crippen molar-refractivity contribution in [2.45, 2.75) is 56.8 Å². The summed E-state index contributed by atoms with van der Waals surface area (Å²) in [6.07, 6.45) is 8.54. The second kappa shape index (κ2) is 11.1. The van der Waals surface area contributed by atoms with Gasteiger partial charge in [-0.2, -0.15) is 0 Å². The Labute approximate surface area is 176 Å². The lowest BCUT2D eigenvalue weighted by atomic mass is 9.89. The topological polar surface area (TPSA) is 99.7 Å². The third-order valence-electron chi connectivity index (χ3n) is 5.54. The number of anilines is 1. The van der Waals surface area contributed by atoms with Gasteiger partial charge in [0.1, 0.15) is 11.9 Å². The van der Waals surface area contributed by atoms with E-state index >= 15 is 0 Å². The highest BCUT2D eigenvalue weighted by Crippen LogP contribution is 2.23. The zero-order valence-corrected chi connectivity index (χ0v) is 17.0. The van der Waals surface area contributed by atoms with Crippen LogP contribution in [-0.4, -0.2) is 48.4 Å². The number of carbonyl (C=O) groups is 2. The van der Waals surface area contributed by atoms with Gasteiger partial charge in [-0.05, 0) is 37.0 Å². The van der Waals surface area contributed by atoms with Crippen molar-refractivity contribution in [2.24, 2.45) is 5.92 Å². The minimum absolute atomic E-state index is 0.0813. The zero-order valence-electron chi connectivity index (χ0n) is 17.0. The monoisotopic (exact) mass is 419 g/mol. The van der Waals surface area contributed by atoms with Gasteiger partial charge >= 0.3 is 6.03 Å². The Bertz CT molecular complexity index is 752. The summed E-state index contributed by atoms with van der Waals surface area (Å²) in [4.78, 5) is 24.4. The summed E-state index contributed by atoms with van der Waals surface area (Å²) in [6.45, 7) is 0.387. The molecule has 7 nitrogen and oxygen atoms in total. The summed E-state index contributed by atoms with van der Waals surface area (Å²) < 4.78 is 19.0. The summed E-state index contributed by atoms with van der Waals surface area (Å²) in [5.41, 5.74) is 0.321. The number of amides is 3. The summed E-state index contributed by atoms with van der Waals surface area (Å²) in [5.74, 6) is 0.0228. The maximum Gasteiger partial charge on any atom is 0.319 e. The molecule has 164 valence electrons. The number of hydrogen-bond acceptors (Lipinski definition) is 4. The van der Waals surface area contributed by atoms with Crippen LogP contribution >= 0.6 is 0 Å². The predicted octanol–water partition coefficient (Wildman–Crippen LogP) is 2.72. The van der Waals surface area contributed by atoms with Gasteiger partial charge in [0.25, 0.3) is 0 Å². The second-order valence-electron chi connectivity index (χ2n) is 7.93. The van der Waals surface area contributed by atoms with Gasteiger partial charge in [-0.1, -0.05) is 37.5 Å². The van der Waals surface area contributed by atoms with Crippen LogP contribution in [0.4, 0.5) is 14.9 Å². The fraction of sp³-hybridized carbons (Fsp3) is 0.545. The normalized spacial score (nSPS) is 24.3. The number of benzene rings is 1. The minimum atomic E-state index is -0.676. The largest absolute Gasteiger partial charge is 0.394 e. The number of carbonyl (C=O) groups excluding carboxylic acids is 2. The van der Waals surface area contributed by atoms with Crippen molar-refractivity contribution < 1.29 is 23.8 Å². The summed E-state index contributed by atoms with van der Waals surface area (Å²) >= 11 is 0. The van der Waals surface area contributed by atoms with Crippen molar-refractivity contribution in [3.63, 3.8) is 0 Å². The van der Waals surface area contributed by atoms with E-state index in [1.807, 2.05) is 0 Å². The highest BCUT2D eigenvalue weighted by Gasteiger charge is 2.29. The molecule has 30 heavy (non-hydrogen) atoms. The van der Waals surface area contributed by atoms with Crippen molar-refractivity contribution >= 4 is 17.6 Å². The van der Waals surface area contributed by atoms with E-state index in [4.69, 9.17) is 4.74 Å². The van der Waals surface area contributed by atoms with Crippen LogP contribution in [0.1, 0.15) is 38.5 Å². The molecular weight excluding hydrogens is 389 g/mol. The molecule has 1 heterocycles. The number of hydrogen-bond donors (Lipinski definition) is 4. The lowest BCUT2D eigenvalue weighted by Gasteiger charge is -2.31. The summed E-state index contributed by atoms with van der Waals surface area (Å²) in [6, 6.07) is 4.45. The first-order chi connectivity index (χ1) is 14.5. The first kappa shape index (κ1) is 22.2. The van der Waals surface area contributed by atoms with E-state index in [0.717, 1.165) is 12.8 Å². The Morgan fingerprint density at radius 3 is 2.70 bits per heavy atom. The quantitative estimate of drug-likeness (QED) is 0.511. The molecule has 1 saturated carbocycles. The first-order valence-corrected chi connectivity index (χ1v) is 10.6. The van der Waals surface area contributed by atoms with E-state index < -0.39 is 30.1 Å². The fourth-order valence-electron chi connectivity index (χ4n) is 3.93. The predicted molar refractivity (Wildman–Crippen MR) is 111 cm³/mol. The average Bonchev–Trinajstić information content (AvgIpc) is 2.74. The number of rotatable bonds is 7. The maximum atomic E-state index is 13.2. The van der Waals surface area contributed by atoms with E-state index in [0.29, 0.717) is 18.2 Å². The number of urea groups is 1. The van der Waals surface area contributed by atoms with Gasteiger partial charge in [0.15, 0.2) is 0 Å². The summed E-state index contributed by atoms with van der Waals surface area (Å²) in [7, 11) is 0. The number of aliphatic hydroxyl groups is 1. The lowest BCUT2D eigenvalue weighted by molar-refractivity contribution is -0.125. The van der Waals surface area contributed by atoms with Crippen LogP contribution in [0.5, 0.6) is 0 Å². The smallest absolute Gasteiger partial charge is 0.319 e. The van der Waals surface area contributed by atoms with Gasteiger partial charge in [0, 0.05) is 12.2 Å². The van der Waals surface area contributed by atoms with E-state index in [9.17, 15) is 19.1 Å². The van der Waals surface area contributed by atoms with E-state index in [2.05, 4.69) is 16.0 Å². The highest BCUT2D eigenvalue weighted by atomic mass is 19.1. The molecule has 4 N–H and O–H groups in total. The van der Waals surface area contributed by atoms with E-state index in [-0.39, 0.29) is 18.9 Å². The standard InChI is InChI=1S/C22H30FN3O4/c23-16-7-4-8-17(11-16)25-22(29)26-19-10-9-18(30-20(19)14-27)12-21(28)24-13-15-5-2-1-3-6-15/h4,7-11,15,18-20,27H,1-3,5-6,12-14H2,(H,24,28)(H2,25,26,29)/t18-,19-,20+/m1/s1. The van der Waals surface area contributed by atoms with Gasteiger partial charge in [-0.3, -0.25) is 4.79 Å². The van der Waals surface area contributed by atoms with Crippen molar-refractivity contribution in [3.05, 3.63) is 42.2 Å². The molecule has 0 unspecified atom stereocenters. The molecule has 0 aromatic heterocycles. The molecule has 3 amide bonds. The van der Waals surface area contributed by atoms with Gasteiger partial charge in [0.2, 0.25) is 5.91 Å². The van der Waals surface area contributed by atoms with Crippen LogP contribution < -0.4 is 16.0 Å². The molecular formula is C22H30FN3O4. The molecule has 0 saturated heterocycles. The van der Waals surface area contributed by atoms with Crippen molar-refractivity contribution in [1.29, 1.82) is 0 Å². The van der Waals surface area contributed by atoms with Crippen LogP contribution in [0.3, 0.4) is 0 Å². The Balaban J connectivity index is 1.46. The van der Waals surface area contributed by atoms with Crippen LogP contribution in [0.2, 0.25) is 0 Å². The Kier molecular flexibility index (Phi) is 8.21. The highest BCUT2D eigenvalue weighted by molar-refractivity contribution is 5.89. The number of ether oxygens (including phenoxy) is 1.